The Morgan fingerprint density at radius 2 is 2.38 bits per heavy atom. The molecule has 0 saturated heterocycles. The molecule has 3 aromatic heterocycles. The Kier molecular flexibility index (Phi) is 2.56. The molecule has 1 aliphatic carbocycles. The fourth-order valence-electron chi connectivity index (χ4n) is 3.59. The quantitative estimate of drug-likeness (QED) is 0.754. The summed E-state index contributed by atoms with van der Waals surface area (Å²) in [7, 11) is 0. The highest BCUT2D eigenvalue weighted by Crippen LogP contribution is 2.47. The smallest absolute Gasteiger partial charge is 0.180 e. The lowest BCUT2D eigenvalue weighted by Crippen LogP contribution is -2.28. The Bertz CT molecular complexity index is 808. The Hall–Kier alpha value is -2.02. The molecule has 0 aliphatic heterocycles. The fraction of sp³-hybridized carbons (Fsp3) is 0.500. The van der Waals surface area contributed by atoms with E-state index in [1.807, 2.05) is 13.0 Å². The van der Waals surface area contributed by atoms with Gasteiger partial charge in [0.25, 0.3) is 0 Å². The molecule has 7 heteroatoms. The highest BCUT2D eigenvalue weighted by atomic mass is 19.1. The number of nitrogens with two attached hydrogens (primary N) is 1. The third kappa shape index (κ3) is 1.64. The van der Waals surface area contributed by atoms with Gasteiger partial charge in [-0.05, 0) is 18.9 Å². The number of alkyl halides is 1. The van der Waals surface area contributed by atoms with E-state index in [9.17, 15) is 0 Å². The summed E-state index contributed by atoms with van der Waals surface area (Å²) >= 11 is 0. The third-order valence-electron chi connectivity index (χ3n) is 4.60. The van der Waals surface area contributed by atoms with Gasteiger partial charge in [-0.25, -0.2) is 9.37 Å². The summed E-state index contributed by atoms with van der Waals surface area (Å²) < 4.78 is 17.5. The van der Waals surface area contributed by atoms with E-state index in [-0.39, 0.29) is 12.0 Å². The highest BCUT2D eigenvalue weighted by Gasteiger charge is 2.50. The van der Waals surface area contributed by atoms with Crippen molar-refractivity contribution in [3.8, 4) is 0 Å². The Balaban J connectivity index is 2.00. The van der Waals surface area contributed by atoms with Crippen LogP contribution in [0, 0.1) is 5.92 Å². The maximum absolute atomic E-state index is 15.7. The predicted molar refractivity (Wildman–Crippen MR) is 76.4 cm³/mol. The number of hydrogen-bond acceptors (Lipinski definition) is 4. The molecule has 0 bridgehead atoms. The van der Waals surface area contributed by atoms with Crippen LogP contribution in [0.1, 0.15) is 32.0 Å². The zero-order valence-electron chi connectivity index (χ0n) is 11.8. The fourth-order valence-corrected chi connectivity index (χ4v) is 3.59. The lowest BCUT2D eigenvalue weighted by atomic mass is 9.89. The van der Waals surface area contributed by atoms with Gasteiger partial charge in [-0.2, -0.15) is 0 Å². The van der Waals surface area contributed by atoms with Gasteiger partial charge in [0, 0.05) is 24.6 Å². The highest BCUT2D eigenvalue weighted by molar-refractivity contribution is 5.74. The largest absolute Gasteiger partial charge is 0.345 e. The van der Waals surface area contributed by atoms with Gasteiger partial charge in [-0.3, -0.25) is 4.40 Å². The second-order valence-electron chi connectivity index (χ2n) is 5.85. The first-order valence-corrected chi connectivity index (χ1v) is 7.25. The monoisotopic (exact) mass is 288 g/mol. The molecule has 1 aliphatic rings. The van der Waals surface area contributed by atoms with E-state index in [1.54, 1.807) is 16.8 Å². The van der Waals surface area contributed by atoms with E-state index in [0.717, 1.165) is 11.9 Å². The second kappa shape index (κ2) is 4.24. The van der Waals surface area contributed by atoms with Crippen LogP contribution in [-0.2, 0) is 5.67 Å². The van der Waals surface area contributed by atoms with Crippen LogP contribution in [0.4, 0.5) is 4.39 Å². The molecule has 1 fully saturated rings. The lowest BCUT2D eigenvalue weighted by Gasteiger charge is -2.24. The van der Waals surface area contributed by atoms with Crippen molar-refractivity contribution in [1.29, 1.82) is 0 Å². The molecule has 0 aromatic carbocycles. The molecule has 6 nitrogen and oxygen atoms in total. The average Bonchev–Trinajstić information content (AvgIpc) is 3.13. The van der Waals surface area contributed by atoms with Gasteiger partial charge in [0.15, 0.2) is 22.8 Å². The van der Waals surface area contributed by atoms with Crippen molar-refractivity contribution in [3.05, 3.63) is 24.3 Å². The number of nitrogens with one attached hydrogen (secondary N) is 1. The molecule has 110 valence electrons. The second-order valence-corrected chi connectivity index (χ2v) is 5.85. The van der Waals surface area contributed by atoms with Gasteiger partial charge >= 0.3 is 0 Å². The minimum Gasteiger partial charge on any atom is -0.345 e. The summed E-state index contributed by atoms with van der Waals surface area (Å²) in [5, 5.41) is 8.23. The van der Waals surface area contributed by atoms with Gasteiger partial charge in [0.2, 0.25) is 0 Å². The maximum atomic E-state index is 15.7. The molecule has 4 rings (SSSR count). The van der Waals surface area contributed by atoms with Crippen molar-refractivity contribution in [3.63, 3.8) is 0 Å². The normalized spacial score (nSPS) is 29.7. The van der Waals surface area contributed by atoms with Crippen LogP contribution in [0.2, 0.25) is 0 Å². The van der Waals surface area contributed by atoms with E-state index in [4.69, 9.17) is 5.73 Å². The Morgan fingerprint density at radius 3 is 3.19 bits per heavy atom. The number of aromatic amines is 1. The first-order chi connectivity index (χ1) is 10.1. The summed E-state index contributed by atoms with van der Waals surface area (Å²) in [6, 6.07) is 1.73. The summed E-state index contributed by atoms with van der Waals surface area (Å²) in [6.45, 7) is 1.99. The van der Waals surface area contributed by atoms with E-state index in [0.29, 0.717) is 30.0 Å². The van der Waals surface area contributed by atoms with Crippen LogP contribution in [0.15, 0.2) is 18.5 Å². The molecule has 0 radical (unpaired) electrons. The lowest BCUT2D eigenvalue weighted by molar-refractivity contribution is 0.0929. The van der Waals surface area contributed by atoms with E-state index < -0.39 is 5.67 Å². The first-order valence-electron chi connectivity index (χ1n) is 7.25. The van der Waals surface area contributed by atoms with Crippen LogP contribution in [-0.4, -0.2) is 30.6 Å². The number of H-pyrrole nitrogens is 1. The summed E-state index contributed by atoms with van der Waals surface area (Å²) in [5.41, 5.74) is 6.52. The number of nitrogens with zero attached hydrogens (tertiary/aromatic N) is 4. The molecule has 3 atom stereocenters. The van der Waals surface area contributed by atoms with E-state index in [1.165, 1.54) is 0 Å². The summed E-state index contributed by atoms with van der Waals surface area (Å²) in [5.74, 6) is 0.228. The average molecular weight is 288 g/mol. The van der Waals surface area contributed by atoms with Crippen LogP contribution < -0.4 is 5.73 Å². The van der Waals surface area contributed by atoms with Crippen molar-refractivity contribution in [1.82, 2.24) is 24.6 Å². The Morgan fingerprint density at radius 1 is 1.52 bits per heavy atom. The molecule has 3 N–H and O–H groups in total. The molecular weight excluding hydrogens is 271 g/mol. The molecule has 21 heavy (non-hydrogen) atoms. The van der Waals surface area contributed by atoms with Gasteiger partial charge in [-0.1, -0.05) is 6.92 Å². The maximum Gasteiger partial charge on any atom is 0.180 e. The molecule has 3 heterocycles. The van der Waals surface area contributed by atoms with Crippen molar-refractivity contribution in [2.75, 3.05) is 0 Å². The standard InChI is InChI=1S/C14H17FN6/c1-2-8-5-9(16)6-14(8,15)13-20-19-11-7-18-12-10(21(11)13)3-4-17-12/h3-4,7-9,17H,2,5-6,16H2,1H3/t8-,9+,14-/m0/s1. The molecule has 3 aromatic rings. The SMILES string of the molecule is CC[C@H]1C[C@@H](N)C[C@@]1(F)c1nnc2cnc3[nH]ccc3n12. The minimum absolute atomic E-state index is 0.123. The van der Waals surface area contributed by atoms with Crippen molar-refractivity contribution in [2.24, 2.45) is 11.7 Å². The van der Waals surface area contributed by atoms with Crippen LogP contribution in [0.5, 0.6) is 0 Å². The molecule has 1 saturated carbocycles. The molecule has 0 spiro atoms. The zero-order chi connectivity index (χ0) is 14.6. The van der Waals surface area contributed by atoms with Crippen LogP contribution in [0.3, 0.4) is 0 Å². The molecular formula is C14H17FN6. The van der Waals surface area contributed by atoms with Gasteiger partial charge in [0.1, 0.15) is 0 Å². The van der Waals surface area contributed by atoms with E-state index in [2.05, 4.69) is 20.2 Å². The molecule has 0 unspecified atom stereocenters. The zero-order valence-corrected chi connectivity index (χ0v) is 11.8. The van der Waals surface area contributed by atoms with Gasteiger partial charge < -0.3 is 10.7 Å². The number of aromatic nitrogens is 5. The van der Waals surface area contributed by atoms with Crippen LogP contribution in [0.25, 0.3) is 16.8 Å². The summed E-state index contributed by atoms with van der Waals surface area (Å²) in [6.07, 6.45) is 5.10. The van der Waals surface area contributed by atoms with Crippen molar-refractivity contribution < 1.29 is 4.39 Å². The Labute approximate surface area is 120 Å². The van der Waals surface area contributed by atoms with E-state index >= 15 is 4.39 Å². The van der Waals surface area contributed by atoms with Crippen molar-refractivity contribution in [2.45, 2.75) is 37.9 Å². The van der Waals surface area contributed by atoms with Gasteiger partial charge in [0.05, 0.1) is 11.7 Å². The number of fused-ring (bicyclic) bond motifs is 3. The molecule has 0 amide bonds. The van der Waals surface area contributed by atoms with Gasteiger partial charge in [-0.15, -0.1) is 10.2 Å². The predicted octanol–water partition coefficient (Wildman–Crippen LogP) is 1.92. The minimum atomic E-state index is -1.53. The first kappa shape index (κ1) is 12.7. The summed E-state index contributed by atoms with van der Waals surface area (Å²) in [4.78, 5) is 7.29. The third-order valence-corrected chi connectivity index (χ3v) is 4.60. The number of rotatable bonds is 2. The number of hydrogen-bond donors (Lipinski definition) is 2. The topological polar surface area (TPSA) is 84.9 Å². The van der Waals surface area contributed by atoms with Crippen LogP contribution >= 0.6 is 0 Å². The number of halogens is 1. The van der Waals surface area contributed by atoms with Crippen molar-refractivity contribution >= 4 is 16.8 Å².